The lowest BCUT2D eigenvalue weighted by Crippen LogP contribution is -2.45. The van der Waals surface area contributed by atoms with Crippen LogP contribution in [-0.4, -0.2) is 40.5 Å². The lowest BCUT2D eigenvalue weighted by molar-refractivity contribution is 0.229. The number of aromatic nitrogens is 2. The minimum Gasteiger partial charge on any atom is -0.347 e. The van der Waals surface area contributed by atoms with Gasteiger partial charge in [0.2, 0.25) is 0 Å². The second kappa shape index (κ2) is 7.65. The van der Waals surface area contributed by atoms with E-state index in [9.17, 15) is 0 Å². The molecule has 2 heterocycles. The lowest BCUT2D eigenvalue weighted by atomic mass is 10.0. The Bertz CT molecular complexity index is 353. The van der Waals surface area contributed by atoms with E-state index in [0.717, 1.165) is 19.5 Å². The highest BCUT2D eigenvalue weighted by atomic mass is 15.2. The molecule has 1 aliphatic heterocycles. The first-order chi connectivity index (χ1) is 9.33. The van der Waals surface area contributed by atoms with Crippen molar-refractivity contribution in [2.24, 2.45) is 0 Å². The van der Waals surface area contributed by atoms with Gasteiger partial charge >= 0.3 is 0 Å². The molecule has 1 aliphatic rings. The maximum atomic E-state index is 4.42. The lowest BCUT2D eigenvalue weighted by Gasteiger charge is -2.30. The molecule has 0 bridgehead atoms. The van der Waals surface area contributed by atoms with Crippen LogP contribution in [0.1, 0.15) is 50.9 Å². The Balaban J connectivity index is 1.83. The first-order valence-electron chi connectivity index (χ1n) is 7.80. The molecule has 2 rings (SSSR count). The molecule has 2 N–H and O–H groups in total. The molecule has 0 radical (unpaired) electrons. The molecular weight excluding hydrogens is 236 g/mol. The Labute approximate surface area is 117 Å². The summed E-state index contributed by atoms with van der Waals surface area (Å²) < 4.78 is 0. The highest BCUT2D eigenvalue weighted by molar-refractivity contribution is 5.15. The van der Waals surface area contributed by atoms with Crippen LogP contribution in [0.5, 0.6) is 0 Å². The quantitative estimate of drug-likeness (QED) is 0.757. The number of hydrogen-bond acceptors (Lipinski definition) is 3. The van der Waals surface area contributed by atoms with Crippen molar-refractivity contribution in [2.75, 3.05) is 19.6 Å². The summed E-state index contributed by atoms with van der Waals surface area (Å²) in [6.45, 7) is 9.12. The second-order valence-electron chi connectivity index (χ2n) is 5.62. The molecule has 1 aromatic heterocycles. The van der Waals surface area contributed by atoms with Gasteiger partial charge in [0.1, 0.15) is 0 Å². The highest BCUT2D eigenvalue weighted by Crippen LogP contribution is 2.13. The van der Waals surface area contributed by atoms with Crippen molar-refractivity contribution in [2.45, 2.75) is 58.5 Å². The Morgan fingerprint density at radius 2 is 2.00 bits per heavy atom. The number of rotatable bonds is 8. The van der Waals surface area contributed by atoms with Crippen molar-refractivity contribution in [1.82, 2.24) is 20.2 Å². The fourth-order valence-corrected chi connectivity index (χ4v) is 2.73. The van der Waals surface area contributed by atoms with E-state index in [-0.39, 0.29) is 0 Å². The third kappa shape index (κ3) is 4.32. The van der Waals surface area contributed by atoms with E-state index >= 15 is 0 Å². The van der Waals surface area contributed by atoms with Crippen molar-refractivity contribution in [1.29, 1.82) is 0 Å². The monoisotopic (exact) mass is 264 g/mol. The predicted molar refractivity (Wildman–Crippen MR) is 79.2 cm³/mol. The topological polar surface area (TPSA) is 44.0 Å². The third-order valence-electron chi connectivity index (χ3n) is 3.95. The molecule has 4 nitrogen and oxygen atoms in total. The van der Waals surface area contributed by atoms with Gasteiger partial charge < -0.3 is 15.2 Å². The summed E-state index contributed by atoms with van der Waals surface area (Å²) >= 11 is 0. The maximum absolute atomic E-state index is 4.42. The molecule has 0 saturated heterocycles. The van der Waals surface area contributed by atoms with Crippen LogP contribution in [0.25, 0.3) is 0 Å². The van der Waals surface area contributed by atoms with Crippen LogP contribution in [-0.2, 0) is 13.0 Å². The van der Waals surface area contributed by atoms with Gasteiger partial charge in [0, 0.05) is 25.6 Å². The van der Waals surface area contributed by atoms with E-state index in [4.69, 9.17) is 0 Å². The van der Waals surface area contributed by atoms with Crippen LogP contribution in [0, 0.1) is 0 Å². The molecule has 0 aliphatic carbocycles. The van der Waals surface area contributed by atoms with Crippen LogP contribution < -0.4 is 5.32 Å². The van der Waals surface area contributed by atoms with E-state index in [1.807, 2.05) is 6.33 Å². The molecule has 19 heavy (non-hydrogen) atoms. The van der Waals surface area contributed by atoms with Crippen molar-refractivity contribution in [3.05, 3.63) is 17.7 Å². The maximum Gasteiger partial charge on any atom is 0.0925 e. The molecule has 0 fully saturated rings. The van der Waals surface area contributed by atoms with Crippen LogP contribution in [0.2, 0.25) is 0 Å². The summed E-state index contributed by atoms with van der Waals surface area (Å²) in [4.78, 5) is 10.3. The summed E-state index contributed by atoms with van der Waals surface area (Å²) in [6, 6.07) is 0.560. The third-order valence-corrected chi connectivity index (χ3v) is 3.95. The Morgan fingerprint density at radius 1 is 1.26 bits per heavy atom. The zero-order valence-corrected chi connectivity index (χ0v) is 12.4. The fraction of sp³-hybridized carbons (Fsp3) is 0.800. The molecule has 0 amide bonds. The number of imidazole rings is 1. The van der Waals surface area contributed by atoms with Gasteiger partial charge in [-0.15, -0.1) is 0 Å². The number of nitrogens with one attached hydrogen (secondary N) is 2. The van der Waals surface area contributed by atoms with E-state index in [1.54, 1.807) is 0 Å². The van der Waals surface area contributed by atoms with E-state index in [2.05, 4.69) is 34.0 Å². The van der Waals surface area contributed by atoms with E-state index in [1.165, 1.54) is 50.2 Å². The van der Waals surface area contributed by atoms with Crippen LogP contribution in [0.15, 0.2) is 6.33 Å². The van der Waals surface area contributed by atoms with Crippen molar-refractivity contribution in [3.63, 3.8) is 0 Å². The normalized spacial score (nSPS) is 18.8. The SMILES string of the molecule is CCCCN(CCCC)CC1Cc2nc[nH]c2CN1. The average Bonchev–Trinajstić information content (AvgIpc) is 2.89. The summed E-state index contributed by atoms with van der Waals surface area (Å²) in [7, 11) is 0. The van der Waals surface area contributed by atoms with Crippen molar-refractivity contribution in [3.8, 4) is 0 Å². The molecule has 1 unspecified atom stereocenters. The molecule has 0 saturated carbocycles. The largest absolute Gasteiger partial charge is 0.347 e. The summed E-state index contributed by atoms with van der Waals surface area (Å²) in [5, 5.41) is 3.63. The second-order valence-corrected chi connectivity index (χ2v) is 5.62. The van der Waals surface area contributed by atoms with Crippen molar-refractivity contribution < 1.29 is 0 Å². The summed E-state index contributed by atoms with van der Waals surface area (Å²) in [5.41, 5.74) is 2.53. The fourth-order valence-electron chi connectivity index (χ4n) is 2.73. The molecular formula is C15H28N4. The molecule has 0 aromatic carbocycles. The van der Waals surface area contributed by atoms with Crippen LogP contribution >= 0.6 is 0 Å². The number of unbranched alkanes of at least 4 members (excludes halogenated alkanes) is 2. The van der Waals surface area contributed by atoms with Crippen LogP contribution in [0.4, 0.5) is 0 Å². The smallest absolute Gasteiger partial charge is 0.0925 e. The number of H-pyrrole nitrogens is 1. The average molecular weight is 264 g/mol. The van der Waals surface area contributed by atoms with Gasteiger partial charge in [-0.1, -0.05) is 26.7 Å². The summed E-state index contributed by atoms with van der Waals surface area (Å²) in [6.07, 6.45) is 8.07. The number of nitrogens with zero attached hydrogens (tertiary/aromatic N) is 2. The molecule has 1 aromatic rings. The zero-order chi connectivity index (χ0) is 13.5. The first-order valence-corrected chi connectivity index (χ1v) is 7.80. The zero-order valence-electron chi connectivity index (χ0n) is 12.4. The predicted octanol–water partition coefficient (Wildman–Crippen LogP) is 2.33. The van der Waals surface area contributed by atoms with Gasteiger partial charge in [0.25, 0.3) is 0 Å². The molecule has 4 heteroatoms. The minimum absolute atomic E-state index is 0.560. The van der Waals surface area contributed by atoms with Gasteiger partial charge in [-0.3, -0.25) is 0 Å². The van der Waals surface area contributed by atoms with E-state index in [0.29, 0.717) is 6.04 Å². The number of fused-ring (bicyclic) bond motifs is 1. The number of aromatic amines is 1. The van der Waals surface area contributed by atoms with Gasteiger partial charge in [0.15, 0.2) is 0 Å². The Kier molecular flexibility index (Phi) is 5.86. The molecule has 1 atom stereocenters. The van der Waals surface area contributed by atoms with Gasteiger partial charge in [0.05, 0.1) is 17.7 Å². The minimum atomic E-state index is 0.560. The molecule has 0 spiro atoms. The summed E-state index contributed by atoms with van der Waals surface area (Å²) in [5.74, 6) is 0. The van der Waals surface area contributed by atoms with Gasteiger partial charge in [-0.05, 0) is 25.9 Å². The van der Waals surface area contributed by atoms with Gasteiger partial charge in [-0.2, -0.15) is 0 Å². The Morgan fingerprint density at radius 3 is 2.68 bits per heavy atom. The molecule has 108 valence electrons. The van der Waals surface area contributed by atoms with Crippen molar-refractivity contribution >= 4 is 0 Å². The Hall–Kier alpha value is -0.870. The van der Waals surface area contributed by atoms with Gasteiger partial charge in [-0.25, -0.2) is 4.98 Å². The van der Waals surface area contributed by atoms with E-state index < -0.39 is 0 Å². The standard InChI is InChI=1S/C15H28N4/c1-3-5-7-19(8-6-4-2)11-13-9-14-15(10-16-13)18-12-17-14/h12-13,16H,3-11H2,1-2H3,(H,17,18). The highest BCUT2D eigenvalue weighted by Gasteiger charge is 2.21. The van der Waals surface area contributed by atoms with Crippen LogP contribution in [0.3, 0.4) is 0 Å². The number of hydrogen-bond donors (Lipinski definition) is 2. The first kappa shape index (κ1) is 14.5.